The molecule has 0 unspecified atom stereocenters. The summed E-state index contributed by atoms with van der Waals surface area (Å²) in [6.07, 6.45) is 4.80. The first-order valence-electron chi connectivity index (χ1n) is 6.22. The van der Waals surface area contributed by atoms with Crippen LogP contribution in [0, 0.1) is 5.41 Å². The van der Waals surface area contributed by atoms with Crippen LogP contribution in [0.1, 0.15) is 43.0 Å². The summed E-state index contributed by atoms with van der Waals surface area (Å²) in [4.78, 5) is 11.9. The molecular weight excluding hydrogens is 214 g/mol. The molecule has 0 aromatic heterocycles. The van der Waals surface area contributed by atoms with Crippen LogP contribution in [0.2, 0.25) is 0 Å². The lowest BCUT2D eigenvalue weighted by atomic mass is 10.0. The lowest BCUT2D eigenvalue weighted by Crippen LogP contribution is -2.30. The predicted octanol–water partition coefficient (Wildman–Crippen LogP) is 2.70. The molecule has 0 aliphatic heterocycles. The molecule has 0 spiro atoms. The zero-order chi connectivity index (χ0) is 12.3. The van der Waals surface area contributed by atoms with E-state index in [0.29, 0.717) is 11.0 Å². The van der Waals surface area contributed by atoms with E-state index >= 15 is 0 Å². The second-order valence-corrected chi connectivity index (χ2v) is 4.98. The zero-order valence-electron chi connectivity index (χ0n) is 10.2. The summed E-state index contributed by atoms with van der Waals surface area (Å²) in [5, 5.41) is 12.3. The van der Waals surface area contributed by atoms with Crippen molar-refractivity contribution in [3.63, 3.8) is 0 Å². The van der Waals surface area contributed by atoms with Gasteiger partial charge in [0.25, 0.3) is 5.91 Å². The fourth-order valence-corrected chi connectivity index (χ4v) is 2.24. The fraction of sp³-hybridized carbons (Fsp3) is 0.500. The summed E-state index contributed by atoms with van der Waals surface area (Å²) in [5.74, 6) is 0.0376. The molecule has 17 heavy (non-hydrogen) atoms. The van der Waals surface area contributed by atoms with Crippen LogP contribution in [0.15, 0.2) is 24.3 Å². The Morgan fingerprint density at radius 2 is 2.24 bits per heavy atom. The van der Waals surface area contributed by atoms with Gasteiger partial charge in [-0.15, -0.1) is 0 Å². The number of phenolic OH excluding ortho intramolecular Hbond substituents is 1. The Kier molecular flexibility index (Phi) is 3.36. The summed E-state index contributed by atoms with van der Waals surface area (Å²) in [6, 6.07) is 6.46. The third-order valence-corrected chi connectivity index (χ3v) is 3.47. The molecule has 0 saturated heterocycles. The van der Waals surface area contributed by atoms with Gasteiger partial charge in [-0.1, -0.05) is 19.4 Å². The summed E-state index contributed by atoms with van der Waals surface area (Å²) in [7, 11) is 0. The fourth-order valence-electron chi connectivity index (χ4n) is 2.24. The van der Waals surface area contributed by atoms with Crippen molar-refractivity contribution in [3.05, 3.63) is 29.8 Å². The maximum atomic E-state index is 11.9. The minimum Gasteiger partial charge on any atom is -0.508 e. The Bertz CT molecular complexity index is 410. The molecule has 0 radical (unpaired) electrons. The monoisotopic (exact) mass is 233 g/mol. The number of carbonyl (C=O) groups excluding carboxylic acids is 1. The molecule has 1 aromatic carbocycles. The van der Waals surface area contributed by atoms with Crippen LogP contribution in [0.25, 0.3) is 0 Å². The molecule has 1 aliphatic carbocycles. The van der Waals surface area contributed by atoms with Crippen LogP contribution in [-0.4, -0.2) is 17.6 Å². The first-order chi connectivity index (χ1) is 8.15. The van der Waals surface area contributed by atoms with Crippen molar-refractivity contribution in [3.8, 4) is 5.75 Å². The smallest absolute Gasteiger partial charge is 0.251 e. The Morgan fingerprint density at radius 1 is 1.47 bits per heavy atom. The molecule has 1 aliphatic rings. The molecule has 2 rings (SSSR count). The van der Waals surface area contributed by atoms with Gasteiger partial charge >= 0.3 is 0 Å². The van der Waals surface area contributed by atoms with Crippen LogP contribution >= 0.6 is 0 Å². The second-order valence-electron chi connectivity index (χ2n) is 4.98. The van der Waals surface area contributed by atoms with Crippen LogP contribution in [0.4, 0.5) is 0 Å². The number of rotatable bonds is 5. The van der Waals surface area contributed by atoms with E-state index in [0.717, 1.165) is 6.54 Å². The lowest BCUT2D eigenvalue weighted by Gasteiger charge is -2.14. The van der Waals surface area contributed by atoms with Gasteiger partial charge in [0.15, 0.2) is 0 Å². The van der Waals surface area contributed by atoms with Crippen molar-refractivity contribution in [2.24, 2.45) is 5.41 Å². The molecule has 0 bridgehead atoms. The maximum Gasteiger partial charge on any atom is 0.251 e. The summed E-state index contributed by atoms with van der Waals surface area (Å²) in [5.41, 5.74) is 0.888. The number of aromatic hydroxyl groups is 1. The van der Waals surface area contributed by atoms with E-state index in [1.807, 2.05) is 0 Å². The standard InChI is InChI=1S/C14H19NO2/c1-2-6-14(7-8-14)10-15-13(17)11-4-3-5-12(16)9-11/h3-5,9,16H,2,6-8,10H2,1H3,(H,15,17). The molecule has 0 heterocycles. The topological polar surface area (TPSA) is 49.3 Å². The third-order valence-electron chi connectivity index (χ3n) is 3.47. The van der Waals surface area contributed by atoms with E-state index in [1.54, 1.807) is 18.2 Å². The van der Waals surface area contributed by atoms with E-state index in [2.05, 4.69) is 12.2 Å². The highest BCUT2D eigenvalue weighted by atomic mass is 16.3. The highest BCUT2D eigenvalue weighted by Gasteiger charge is 2.41. The first-order valence-corrected chi connectivity index (χ1v) is 6.22. The van der Waals surface area contributed by atoms with Gasteiger partial charge in [-0.2, -0.15) is 0 Å². The predicted molar refractivity (Wildman–Crippen MR) is 67.0 cm³/mol. The molecule has 92 valence electrons. The van der Waals surface area contributed by atoms with Crippen molar-refractivity contribution in [2.45, 2.75) is 32.6 Å². The molecule has 1 aromatic rings. The minimum atomic E-state index is -0.0942. The highest BCUT2D eigenvalue weighted by molar-refractivity contribution is 5.94. The SMILES string of the molecule is CCCC1(CNC(=O)c2cccc(O)c2)CC1. The largest absolute Gasteiger partial charge is 0.508 e. The van der Waals surface area contributed by atoms with Crippen LogP contribution in [-0.2, 0) is 0 Å². The summed E-state index contributed by atoms with van der Waals surface area (Å²) < 4.78 is 0. The Hall–Kier alpha value is -1.51. The number of hydrogen-bond donors (Lipinski definition) is 2. The molecular formula is C14H19NO2. The quantitative estimate of drug-likeness (QED) is 0.821. The molecule has 2 N–H and O–H groups in total. The van der Waals surface area contributed by atoms with Crippen LogP contribution in [0.3, 0.4) is 0 Å². The Labute approximate surface area is 102 Å². The number of benzene rings is 1. The molecule has 1 amide bonds. The molecule has 1 saturated carbocycles. The van der Waals surface area contributed by atoms with E-state index in [9.17, 15) is 9.90 Å². The Morgan fingerprint density at radius 3 is 2.82 bits per heavy atom. The summed E-state index contributed by atoms with van der Waals surface area (Å²) in [6.45, 7) is 2.94. The van der Waals surface area contributed by atoms with Gasteiger partial charge in [-0.25, -0.2) is 0 Å². The van der Waals surface area contributed by atoms with Gasteiger partial charge in [0.2, 0.25) is 0 Å². The zero-order valence-corrected chi connectivity index (χ0v) is 10.2. The average molecular weight is 233 g/mol. The van der Waals surface area contributed by atoms with E-state index in [1.165, 1.54) is 31.7 Å². The molecule has 0 atom stereocenters. The van der Waals surface area contributed by atoms with Crippen molar-refractivity contribution in [2.75, 3.05) is 6.54 Å². The minimum absolute atomic E-state index is 0.0942. The van der Waals surface area contributed by atoms with Gasteiger partial charge in [0, 0.05) is 12.1 Å². The number of nitrogens with one attached hydrogen (secondary N) is 1. The molecule has 1 fully saturated rings. The van der Waals surface area contributed by atoms with Gasteiger partial charge in [-0.3, -0.25) is 4.79 Å². The molecule has 3 heteroatoms. The van der Waals surface area contributed by atoms with Crippen molar-refractivity contribution < 1.29 is 9.90 Å². The number of carbonyl (C=O) groups is 1. The van der Waals surface area contributed by atoms with Crippen molar-refractivity contribution in [1.82, 2.24) is 5.32 Å². The normalized spacial score (nSPS) is 16.5. The number of phenols is 1. The first kappa shape index (κ1) is 12.0. The van der Waals surface area contributed by atoms with Gasteiger partial charge in [0.05, 0.1) is 0 Å². The highest BCUT2D eigenvalue weighted by Crippen LogP contribution is 2.48. The van der Waals surface area contributed by atoms with Gasteiger partial charge in [-0.05, 0) is 42.9 Å². The summed E-state index contributed by atoms with van der Waals surface area (Å²) >= 11 is 0. The molecule has 3 nitrogen and oxygen atoms in total. The van der Waals surface area contributed by atoms with E-state index in [4.69, 9.17) is 0 Å². The third kappa shape index (κ3) is 2.99. The van der Waals surface area contributed by atoms with Crippen molar-refractivity contribution in [1.29, 1.82) is 0 Å². The van der Waals surface area contributed by atoms with E-state index < -0.39 is 0 Å². The van der Waals surface area contributed by atoms with E-state index in [-0.39, 0.29) is 11.7 Å². The van der Waals surface area contributed by atoms with Gasteiger partial charge in [0.1, 0.15) is 5.75 Å². The average Bonchev–Trinajstić information content (AvgIpc) is 3.07. The lowest BCUT2D eigenvalue weighted by molar-refractivity contribution is 0.0943. The van der Waals surface area contributed by atoms with Gasteiger partial charge < -0.3 is 10.4 Å². The Balaban J connectivity index is 1.90. The maximum absolute atomic E-state index is 11.9. The second kappa shape index (κ2) is 4.78. The van der Waals surface area contributed by atoms with Crippen molar-refractivity contribution >= 4 is 5.91 Å². The van der Waals surface area contributed by atoms with Crippen LogP contribution in [0.5, 0.6) is 5.75 Å². The number of amides is 1. The van der Waals surface area contributed by atoms with Crippen LogP contribution < -0.4 is 5.32 Å². The number of hydrogen-bond acceptors (Lipinski definition) is 2.